The van der Waals surface area contributed by atoms with Crippen molar-refractivity contribution in [3.05, 3.63) is 52.8 Å². The number of aliphatic hydroxyl groups excluding tert-OH is 1. The van der Waals surface area contributed by atoms with Gasteiger partial charge in [-0.15, -0.1) is 0 Å². The van der Waals surface area contributed by atoms with Crippen LogP contribution in [0.1, 0.15) is 37.4 Å². The highest BCUT2D eigenvalue weighted by Crippen LogP contribution is 2.31. The maximum Gasteiger partial charge on any atom is 0.172 e. The van der Waals surface area contributed by atoms with Crippen LogP contribution in [-0.2, 0) is 6.54 Å². The fourth-order valence-corrected chi connectivity index (χ4v) is 5.58. The summed E-state index contributed by atoms with van der Waals surface area (Å²) in [5.41, 5.74) is 7.58. The molecule has 2 fully saturated rings. The van der Waals surface area contributed by atoms with Crippen molar-refractivity contribution in [2.24, 2.45) is 0 Å². The molecule has 37 heavy (non-hydrogen) atoms. The molecule has 0 saturated carbocycles. The fourth-order valence-electron chi connectivity index (χ4n) is 5.34. The molecule has 4 N–H and O–H groups in total. The van der Waals surface area contributed by atoms with E-state index in [-0.39, 0.29) is 17.6 Å². The fraction of sp³-hybridized carbons (Fsp3) is 0.538. The summed E-state index contributed by atoms with van der Waals surface area (Å²) in [6, 6.07) is 4.60. The molecule has 2 aromatic rings. The summed E-state index contributed by atoms with van der Waals surface area (Å²) in [5, 5.41) is 12.3. The number of piperazine rings is 1. The van der Waals surface area contributed by atoms with Crippen LogP contribution in [0.4, 0.5) is 20.4 Å². The van der Waals surface area contributed by atoms with Crippen molar-refractivity contribution >= 4 is 28.9 Å². The third-order valence-corrected chi connectivity index (χ3v) is 7.59. The molecule has 2 aliphatic heterocycles. The second-order valence-electron chi connectivity index (χ2n) is 9.69. The summed E-state index contributed by atoms with van der Waals surface area (Å²) < 4.78 is 27.3. The van der Waals surface area contributed by atoms with Gasteiger partial charge < -0.3 is 21.1 Å². The normalized spacial score (nSPS) is 19.8. The summed E-state index contributed by atoms with van der Waals surface area (Å²) in [5.74, 6) is -0.205. The molecule has 202 valence electrons. The first kappa shape index (κ1) is 27.5. The van der Waals surface area contributed by atoms with Gasteiger partial charge in [-0.25, -0.2) is 18.7 Å². The van der Waals surface area contributed by atoms with Crippen LogP contribution < -0.4 is 16.0 Å². The Morgan fingerprint density at radius 2 is 1.97 bits per heavy atom. The molecule has 0 radical (unpaired) electrons. The highest BCUT2D eigenvalue weighted by atomic mass is 35.5. The number of piperidine rings is 1. The van der Waals surface area contributed by atoms with E-state index in [4.69, 9.17) is 22.4 Å². The van der Waals surface area contributed by atoms with E-state index in [1.165, 1.54) is 12.1 Å². The van der Waals surface area contributed by atoms with E-state index in [1.54, 1.807) is 0 Å². The number of anilines is 2. The molecule has 1 aromatic heterocycles. The van der Waals surface area contributed by atoms with Crippen LogP contribution in [0.3, 0.4) is 0 Å². The first-order chi connectivity index (χ1) is 17.8. The number of hydrogen-bond acceptors (Lipinski definition) is 8. The Hall–Kier alpha value is -2.53. The average molecular weight is 536 g/mol. The van der Waals surface area contributed by atoms with E-state index in [1.807, 2.05) is 0 Å². The van der Waals surface area contributed by atoms with Crippen molar-refractivity contribution in [3.8, 4) is 0 Å². The van der Waals surface area contributed by atoms with E-state index in [0.717, 1.165) is 58.1 Å². The van der Waals surface area contributed by atoms with Crippen molar-refractivity contribution in [3.63, 3.8) is 0 Å². The quantitative estimate of drug-likeness (QED) is 0.451. The van der Waals surface area contributed by atoms with E-state index < -0.39 is 11.6 Å². The second kappa shape index (κ2) is 12.3. The van der Waals surface area contributed by atoms with E-state index in [2.05, 4.69) is 43.5 Å². The molecule has 0 aliphatic carbocycles. The number of likely N-dealkylation sites (tertiary alicyclic amines) is 1. The van der Waals surface area contributed by atoms with Gasteiger partial charge in [-0.3, -0.25) is 9.80 Å². The molecule has 0 amide bonds. The first-order valence-electron chi connectivity index (χ1n) is 12.8. The van der Waals surface area contributed by atoms with Gasteiger partial charge in [0.15, 0.2) is 16.8 Å². The number of nitrogens with one attached hydrogen (secondary N) is 1. The lowest BCUT2D eigenvalue weighted by molar-refractivity contribution is 0.0607. The zero-order valence-corrected chi connectivity index (χ0v) is 22.0. The van der Waals surface area contributed by atoms with Gasteiger partial charge in [0.25, 0.3) is 0 Å². The Morgan fingerprint density at radius 3 is 2.65 bits per heavy atom. The minimum absolute atomic E-state index is 0.0350. The number of nitrogen functional groups attached to an aromatic ring is 1. The molecule has 8 nitrogen and oxygen atoms in total. The van der Waals surface area contributed by atoms with Gasteiger partial charge in [0.1, 0.15) is 17.3 Å². The van der Waals surface area contributed by atoms with Crippen molar-refractivity contribution in [1.29, 1.82) is 0 Å². The van der Waals surface area contributed by atoms with Crippen molar-refractivity contribution in [1.82, 2.24) is 25.1 Å². The molecule has 2 aliphatic rings. The Bertz CT molecular complexity index is 1100. The minimum atomic E-state index is -0.545. The zero-order valence-electron chi connectivity index (χ0n) is 21.3. The van der Waals surface area contributed by atoms with Gasteiger partial charge in [0.05, 0.1) is 12.3 Å². The number of aliphatic hydroxyl groups is 1. The number of benzene rings is 1. The molecule has 1 atom stereocenters. The highest BCUT2D eigenvalue weighted by molar-refractivity contribution is 6.31. The number of nitrogens with two attached hydrogens (primary N) is 1. The van der Waals surface area contributed by atoms with Crippen LogP contribution in [0, 0.1) is 11.6 Å². The largest absolute Gasteiger partial charge is 0.395 e. The molecule has 2 saturated heterocycles. The molecule has 0 spiro atoms. The van der Waals surface area contributed by atoms with Crippen molar-refractivity contribution in [2.45, 2.75) is 44.8 Å². The Kier molecular flexibility index (Phi) is 9.17. The molecule has 1 aromatic carbocycles. The molecular weight excluding hydrogens is 500 g/mol. The molecule has 0 unspecified atom stereocenters. The predicted molar refractivity (Wildman–Crippen MR) is 143 cm³/mol. The number of aromatic nitrogens is 2. The van der Waals surface area contributed by atoms with Gasteiger partial charge in [0, 0.05) is 56.4 Å². The zero-order chi connectivity index (χ0) is 26.5. The maximum atomic E-state index is 14.1. The van der Waals surface area contributed by atoms with Crippen LogP contribution in [-0.4, -0.2) is 82.8 Å². The number of rotatable bonds is 9. The van der Waals surface area contributed by atoms with Gasteiger partial charge in [0.2, 0.25) is 0 Å². The number of halogens is 3. The molecule has 4 rings (SSSR count). The summed E-state index contributed by atoms with van der Waals surface area (Å²) in [7, 11) is 0. The minimum Gasteiger partial charge on any atom is -0.395 e. The first-order valence-corrected chi connectivity index (χ1v) is 13.2. The number of hydrogen-bond donors (Lipinski definition) is 3. The molecule has 0 bridgehead atoms. The van der Waals surface area contributed by atoms with Gasteiger partial charge in [-0.2, -0.15) is 0 Å². The van der Waals surface area contributed by atoms with Crippen LogP contribution in [0.25, 0.3) is 5.70 Å². The SMILES string of the molecule is C=C(NCCO)c1nc(Cl)c(N2CCN(C3CCN(Cc4ccc(F)cc4F)CC3)[C@@H](CC)C2)nc1N. The standard InChI is InChI=1S/C26H36ClF2N7O/c1-3-20-16-35(26-24(27)32-23(25(30)33-26)17(2)31-8-13-37)11-12-36(20)21-6-9-34(10-7-21)15-18-4-5-19(28)14-22(18)29/h4-5,14,20-21,31,37H,2-3,6-13,15-16H2,1H3,(H2,30,33)/t20-/m0/s1. The molecule has 3 heterocycles. The molecular formula is C26H36ClF2N7O. The van der Waals surface area contributed by atoms with E-state index in [0.29, 0.717) is 47.9 Å². The second-order valence-corrected chi connectivity index (χ2v) is 10.0. The van der Waals surface area contributed by atoms with Crippen LogP contribution >= 0.6 is 11.6 Å². The Balaban J connectivity index is 1.36. The maximum absolute atomic E-state index is 14.1. The van der Waals surface area contributed by atoms with Crippen LogP contribution in [0.2, 0.25) is 5.15 Å². The summed E-state index contributed by atoms with van der Waals surface area (Å²) in [4.78, 5) is 16.0. The van der Waals surface area contributed by atoms with Gasteiger partial charge >= 0.3 is 0 Å². The third kappa shape index (κ3) is 6.49. The van der Waals surface area contributed by atoms with Gasteiger partial charge in [-0.1, -0.05) is 31.2 Å². The van der Waals surface area contributed by atoms with E-state index >= 15 is 0 Å². The Morgan fingerprint density at radius 1 is 1.22 bits per heavy atom. The van der Waals surface area contributed by atoms with Crippen LogP contribution in [0.15, 0.2) is 24.8 Å². The third-order valence-electron chi connectivity index (χ3n) is 7.33. The van der Waals surface area contributed by atoms with Crippen LogP contribution in [0.5, 0.6) is 0 Å². The summed E-state index contributed by atoms with van der Waals surface area (Å²) in [6.45, 7) is 11.1. The Labute approximate surface area is 222 Å². The molecule has 11 heteroatoms. The summed E-state index contributed by atoms with van der Waals surface area (Å²) >= 11 is 6.54. The lowest BCUT2D eigenvalue weighted by Crippen LogP contribution is -2.58. The lowest BCUT2D eigenvalue weighted by atomic mass is 9.98. The number of nitrogens with zero attached hydrogens (tertiary/aromatic N) is 5. The van der Waals surface area contributed by atoms with Crippen molar-refractivity contribution in [2.75, 3.05) is 56.5 Å². The topological polar surface area (TPSA) is 93.8 Å². The monoisotopic (exact) mass is 535 g/mol. The van der Waals surface area contributed by atoms with Gasteiger partial charge in [-0.05, 0) is 38.4 Å². The average Bonchev–Trinajstić information content (AvgIpc) is 2.90. The highest BCUT2D eigenvalue weighted by Gasteiger charge is 2.34. The van der Waals surface area contributed by atoms with Crippen molar-refractivity contribution < 1.29 is 13.9 Å². The van der Waals surface area contributed by atoms with E-state index in [9.17, 15) is 8.78 Å². The smallest absolute Gasteiger partial charge is 0.172 e. The summed E-state index contributed by atoms with van der Waals surface area (Å²) in [6.07, 6.45) is 2.99. The predicted octanol–water partition coefficient (Wildman–Crippen LogP) is 3.11. The lowest BCUT2D eigenvalue weighted by Gasteiger charge is -2.47.